The Morgan fingerprint density at radius 2 is 0.872 bits per heavy atom. The van der Waals surface area contributed by atoms with Crippen LogP contribution in [0.4, 0.5) is 28.4 Å². The number of aromatic nitrogens is 12. The number of carbonyl (C=O) groups is 3. The summed E-state index contributed by atoms with van der Waals surface area (Å²) >= 11 is 63.4. The number of carboxylic acid groups (broad SMARTS) is 1. The Bertz CT molecular complexity index is 5100. The Morgan fingerprint density at radius 3 is 1.15 bits per heavy atom. The van der Waals surface area contributed by atoms with Gasteiger partial charge >= 0.3 is 120 Å². The molecule has 5 aromatic carbocycles. The number of carbonyl (C=O) groups excluding carboxylic acids is 2. The van der Waals surface area contributed by atoms with E-state index in [-0.39, 0.29) is 151 Å². The molecule has 0 unspecified atom stereocenters. The molecular weight excluding hydrogens is 1890 g/mol. The van der Waals surface area contributed by atoms with Crippen LogP contribution < -0.4 is 136 Å². The van der Waals surface area contributed by atoms with Crippen LogP contribution in [-0.4, -0.2) is 111 Å². The van der Waals surface area contributed by atoms with Gasteiger partial charge in [0, 0.05) is 116 Å². The van der Waals surface area contributed by atoms with Gasteiger partial charge in [0.2, 0.25) is 11.5 Å². The van der Waals surface area contributed by atoms with Crippen molar-refractivity contribution in [2.75, 3.05) is 23.9 Å². The van der Waals surface area contributed by atoms with E-state index in [4.69, 9.17) is 166 Å². The van der Waals surface area contributed by atoms with Gasteiger partial charge < -0.3 is 61.9 Å². The number of hydrazine groups is 1. The molecule has 14 N–H and O–H groups in total. The second-order valence-electron chi connectivity index (χ2n) is 20.9. The summed E-state index contributed by atoms with van der Waals surface area (Å²) in [5.74, 6) is 8.08. The minimum absolute atomic E-state index is 0. The number of H-pyrrole nitrogens is 1. The molecule has 0 radical (unpaired) electrons. The maximum absolute atomic E-state index is 12.3. The predicted molar refractivity (Wildman–Crippen MR) is 440 cm³/mol. The number of alkyl halides is 1. The molecule has 0 aliphatic carbocycles. The number of nitrogen functional groups attached to an aromatic ring is 2. The van der Waals surface area contributed by atoms with Crippen LogP contribution in [-0.2, 0) is 41.2 Å². The number of rotatable bonds is 17. The first kappa shape index (κ1) is 108. The number of anilines is 3. The summed E-state index contributed by atoms with van der Waals surface area (Å²) in [7, 11) is 1.00. The van der Waals surface area contributed by atoms with Gasteiger partial charge in [0.15, 0.2) is 22.9 Å². The smallest absolute Gasteiger partial charge is 1.00 e. The van der Waals surface area contributed by atoms with E-state index < -0.39 is 21.7 Å². The van der Waals surface area contributed by atoms with Gasteiger partial charge in [-0.15, -0.1) is 12.4 Å². The van der Waals surface area contributed by atoms with E-state index in [0.717, 1.165) is 35.6 Å². The number of aliphatic hydroxyl groups excluding tert-OH is 1. The first-order valence-electron chi connectivity index (χ1n) is 30.9. The van der Waals surface area contributed by atoms with E-state index in [1.807, 2.05) is 30.3 Å². The molecule has 35 nitrogen and oxygen atoms in total. The summed E-state index contributed by atoms with van der Waals surface area (Å²) in [4.78, 5) is 53.3. The van der Waals surface area contributed by atoms with Crippen LogP contribution in [0, 0.1) is 20.2 Å². The Kier molecular flexibility index (Phi) is 53.2. The summed E-state index contributed by atoms with van der Waals surface area (Å²) in [6, 6.07) is 36.3. The van der Waals surface area contributed by atoms with Crippen molar-refractivity contribution in [2.24, 2.45) is 11.7 Å². The number of aromatic carboxylic acids is 1. The quantitative estimate of drug-likeness (QED) is 0.00799. The fourth-order valence-corrected chi connectivity index (χ4v) is 11.9. The number of aromatic amines is 1. The third-order valence-electron chi connectivity index (χ3n) is 13.5. The molecule has 0 aliphatic rings. The van der Waals surface area contributed by atoms with Gasteiger partial charge in [0.1, 0.15) is 18.6 Å². The van der Waals surface area contributed by atoms with Crippen LogP contribution in [0.3, 0.4) is 0 Å². The van der Waals surface area contributed by atoms with Gasteiger partial charge in [-0.25, -0.2) is 4.79 Å². The van der Waals surface area contributed by atoms with Crippen LogP contribution in [0.25, 0.3) is 23.0 Å². The summed E-state index contributed by atoms with van der Waals surface area (Å²) < 4.78 is 26.5. The molecule has 0 spiro atoms. The van der Waals surface area contributed by atoms with Gasteiger partial charge in [-0.2, -0.15) is 25.5 Å². The van der Waals surface area contributed by atoms with Crippen molar-refractivity contribution in [3.8, 4) is 23.0 Å². The van der Waals surface area contributed by atoms with Crippen molar-refractivity contribution >= 4 is 191 Å². The summed E-state index contributed by atoms with van der Waals surface area (Å²) in [6.07, 6.45) is 17.7. The normalized spacial score (nSPS) is 9.61. The van der Waals surface area contributed by atoms with Gasteiger partial charge in [-0.1, -0.05) is 173 Å². The number of nitrogens with zero attached hydrogens (tertiary/aromatic N) is 13. The van der Waals surface area contributed by atoms with E-state index >= 15 is 0 Å². The van der Waals surface area contributed by atoms with Crippen LogP contribution in [0.1, 0.15) is 50.2 Å². The number of carboxylic acids is 1. The average molecular weight is 1950 g/mol. The molecule has 9 heterocycles. The zero-order valence-electron chi connectivity index (χ0n) is 61.6. The minimum atomic E-state index is -1.12. The number of nitrogens with two attached hydrogens (primary N) is 4. The second-order valence-corrected chi connectivity index (χ2v) is 25.6. The Hall–Kier alpha value is -7.32. The molecule has 9 aromatic heterocycles. The zero-order valence-corrected chi connectivity index (χ0v) is 76.8. The van der Waals surface area contributed by atoms with E-state index in [0.29, 0.717) is 127 Å². The molecule has 0 fully saturated rings. The average Bonchev–Trinajstić information content (AvgIpc) is 1.58. The number of hydrogen-bond acceptors (Lipinski definition) is 25. The monoisotopic (exact) mass is 1940 g/mol. The molecule has 612 valence electrons. The Balaban J connectivity index is 0.00000136. The molecular formula is C68H63BrCl11K2N19O16. The van der Waals surface area contributed by atoms with E-state index in [1.165, 1.54) is 54.1 Å². The number of aliphatic hydroxyl groups is 1. The van der Waals surface area contributed by atoms with Gasteiger partial charge in [0.25, 0.3) is 12.4 Å². The molecule has 0 bridgehead atoms. The minimum Gasteiger partial charge on any atom is -1.00 e. The molecule has 1 amide bonds. The SMILES string of the molecule is CO.Cl.Clc1cccc(Cl)c1CBr.NN.Nc1cnn(Cc2c(Cl)cccc2Cl)c1.Nc1cnn(Cc2c(Cl)cccc2Cl)c1.O.O=C(Nc1cnn(Cc2c(Cl)cccc2Cl)c1)c1cc(-c2ccco2)on1.O=C(O)c1cc(-c2ccco2)on1.O=CO[O-].O=[N+]([O-])c1cn[nH]c1.O=[N+]([O-])c1cnn(Cc2c(Cl)cccc2Cl)c1.[H-].[K+].[K+]. The van der Waals surface area contributed by atoms with E-state index in [2.05, 4.69) is 78.7 Å². The molecule has 117 heavy (non-hydrogen) atoms. The first-order valence-corrected chi connectivity index (χ1v) is 35.8. The van der Waals surface area contributed by atoms with Crippen molar-refractivity contribution in [3.05, 3.63) is 312 Å². The molecule has 14 rings (SSSR count). The second kappa shape index (κ2) is 57.8. The number of halogens is 12. The van der Waals surface area contributed by atoms with Gasteiger partial charge in [-0.05, 0) is 90.5 Å². The third kappa shape index (κ3) is 36.3. The molecule has 0 saturated heterocycles. The maximum atomic E-state index is 12.3. The van der Waals surface area contributed by atoms with Crippen LogP contribution in [0.5, 0.6) is 0 Å². The topological polar surface area (TPSA) is 536 Å². The van der Waals surface area contributed by atoms with Gasteiger partial charge in [-0.3, -0.25) is 65.3 Å². The largest absolute Gasteiger partial charge is 1.00 e. The van der Waals surface area contributed by atoms with Crippen LogP contribution in [0.15, 0.2) is 220 Å². The fourth-order valence-electron chi connectivity index (χ4n) is 8.39. The number of hydrogen-bond donors (Lipinski definition) is 8. The Morgan fingerprint density at radius 1 is 0.538 bits per heavy atom. The van der Waals surface area contributed by atoms with E-state index in [1.54, 1.807) is 130 Å². The number of furan rings is 2. The van der Waals surface area contributed by atoms with Crippen molar-refractivity contribution in [2.45, 2.75) is 31.5 Å². The van der Waals surface area contributed by atoms with Crippen LogP contribution >= 0.6 is 144 Å². The van der Waals surface area contributed by atoms with Crippen molar-refractivity contribution < 1.29 is 172 Å². The van der Waals surface area contributed by atoms with Crippen molar-refractivity contribution in [1.82, 2.24) is 59.6 Å². The molecule has 49 heteroatoms. The summed E-state index contributed by atoms with van der Waals surface area (Å²) in [6.45, 7) is 1.54. The van der Waals surface area contributed by atoms with Crippen LogP contribution in [0.2, 0.25) is 50.2 Å². The van der Waals surface area contributed by atoms with Crippen molar-refractivity contribution in [1.29, 1.82) is 0 Å². The van der Waals surface area contributed by atoms with E-state index in [9.17, 15) is 29.8 Å². The summed E-state index contributed by atoms with van der Waals surface area (Å²) in [5, 5.41) is 82.8. The number of nitrogens with one attached hydrogen (secondary N) is 2. The molecule has 0 atom stereocenters. The first-order chi connectivity index (χ1) is 54.2. The Labute approximate surface area is 814 Å². The maximum Gasteiger partial charge on any atom is 1.00 e. The van der Waals surface area contributed by atoms with Crippen molar-refractivity contribution in [3.63, 3.8) is 0 Å². The van der Waals surface area contributed by atoms with Gasteiger partial charge in [0.05, 0.1) is 90.4 Å². The molecule has 14 aromatic rings. The summed E-state index contributed by atoms with van der Waals surface area (Å²) in [5.41, 5.74) is 16.9. The number of benzene rings is 5. The zero-order chi connectivity index (χ0) is 83.1. The fraction of sp³-hybridized carbons (Fsp3) is 0.0882. The number of amides is 1. The molecule has 0 saturated carbocycles. The standard InChI is InChI=1S/C18H12Cl2N4O3.C10H7Cl2N3O2.2C10H9Cl2N3.C8H5NO4.C7H5BrCl2.C3H3N3O2.CH2O3.CH4O.ClH.2K.H4N2.H2O.H/c19-13-3-1-4-14(20)12(13)10-24-9-11(8-21-24)22-18(25)15-7-17(27-23-15)16-5-2-6-26-16;11-9-2-1-3-10(12)8(9)6-14-5-7(4-13-14)15(16)17;2*11-9-2-1-3-10(12)8(9)6-15-5-7(13)4-14-15;10-8(11)5-4-7(13-9-5)6-2-1-3-12-6;8-4-5-6(9)2-1-3-7(5)10;7-6(8)3-1-4-5-2-3;2-1-4-3;1-2;;;;1-2;;/h1-9H,10H2,(H,22,25);1-5H,6H2;2*1-5H,6,13H2;1-4H,(H,10,11);1-3H,4H2;1-2H,(H,4,5);1,3H;2H,1H3;1H;;;1-2H2;1H2;/q;;;;;;;;;;2*+1;;;-1/p-1. The third-order valence-corrected chi connectivity index (χ3v) is 17.6. The predicted octanol–water partition coefficient (Wildman–Crippen LogP) is 9.94. The molecule has 0 aliphatic heterocycles. The number of nitro groups is 2.